The number of carbonyl (C=O) groups excluding carboxylic acids is 2. The largest absolute Gasteiger partial charge is 0.451 e. The first-order valence-corrected chi connectivity index (χ1v) is 11.0. The number of nitrogens with zero attached hydrogens (tertiary/aromatic N) is 2. The zero-order chi connectivity index (χ0) is 19.6. The van der Waals surface area contributed by atoms with E-state index in [2.05, 4.69) is 0 Å². The maximum atomic E-state index is 12.8. The summed E-state index contributed by atoms with van der Waals surface area (Å²) in [6.07, 6.45) is 1.24. The molecule has 2 aliphatic rings. The lowest BCUT2D eigenvalue weighted by atomic mass is 9.96. The Labute approximate surface area is 160 Å². The van der Waals surface area contributed by atoms with Gasteiger partial charge in [0.25, 0.3) is 5.91 Å². The lowest BCUT2D eigenvalue weighted by molar-refractivity contribution is -0.162. The number of ether oxygens (including phenoxy) is 1. The number of fused-ring (bicyclic) bond motifs is 1. The van der Waals surface area contributed by atoms with E-state index >= 15 is 0 Å². The van der Waals surface area contributed by atoms with E-state index in [0.717, 1.165) is 24.0 Å². The van der Waals surface area contributed by atoms with Crippen molar-refractivity contribution in [3.8, 4) is 0 Å². The van der Waals surface area contributed by atoms with Crippen molar-refractivity contribution in [3.63, 3.8) is 0 Å². The number of benzene rings is 1. The smallest absolute Gasteiger partial charge is 0.325 e. The third-order valence-corrected chi connectivity index (χ3v) is 7.09. The second-order valence-corrected chi connectivity index (χ2v) is 9.26. The second kappa shape index (κ2) is 7.98. The van der Waals surface area contributed by atoms with Gasteiger partial charge in [-0.25, -0.2) is 8.42 Å². The Hall–Kier alpha value is -1.93. The van der Waals surface area contributed by atoms with Gasteiger partial charge in [-0.15, -0.1) is 0 Å². The van der Waals surface area contributed by atoms with Crippen molar-refractivity contribution in [1.29, 1.82) is 0 Å². The monoisotopic (exact) mass is 394 g/mol. The summed E-state index contributed by atoms with van der Waals surface area (Å²) in [7, 11) is -3.59. The van der Waals surface area contributed by atoms with Crippen LogP contribution >= 0.6 is 0 Å². The summed E-state index contributed by atoms with van der Waals surface area (Å²) in [4.78, 5) is 26.9. The van der Waals surface area contributed by atoms with Crippen molar-refractivity contribution < 1.29 is 22.7 Å². The fourth-order valence-corrected chi connectivity index (χ4v) is 4.87. The second-order valence-electron chi connectivity index (χ2n) is 7.05. The van der Waals surface area contributed by atoms with Crippen LogP contribution in [0.25, 0.3) is 0 Å². The standard InChI is InChI=1S/C19H26N2O5S/c1-3-27(24,25)21-13-16-9-5-4-8-15(16)12-17(21)19(23)26-14(2)18(22)20-10-6-7-11-20/h4-5,8-9,14,17H,3,6-7,10-13H2,1-2H3/t14-,17-/m0/s1. The highest BCUT2D eigenvalue weighted by Gasteiger charge is 2.40. The van der Waals surface area contributed by atoms with Gasteiger partial charge in [0.2, 0.25) is 10.0 Å². The van der Waals surface area contributed by atoms with Crippen LogP contribution in [-0.4, -0.2) is 60.5 Å². The number of hydrogen-bond donors (Lipinski definition) is 0. The molecule has 0 radical (unpaired) electrons. The summed E-state index contributed by atoms with van der Waals surface area (Å²) in [5, 5.41) is 0. The van der Waals surface area contributed by atoms with Crippen LogP contribution in [0.1, 0.15) is 37.8 Å². The minimum absolute atomic E-state index is 0.0960. The third kappa shape index (κ3) is 4.16. The maximum Gasteiger partial charge on any atom is 0.325 e. The van der Waals surface area contributed by atoms with Crippen LogP contribution in [0.5, 0.6) is 0 Å². The highest BCUT2D eigenvalue weighted by Crippen LogP contribution is 2.27. The first kappa shape index (κ1) is 19.8. The van der Waals surface area contributed by atoms with Gasteiger partial charge in [-0.2, -0.15) is 4.31 Å². The van der Waals surface area contributed by atoms with Gasteiger partial charge in [0.15, 0.2) is 6.10 Å². The van der Waals surface area contributed by atoms with E-state index in [1.54, 1.807) is 18.7 Å². The maximum absolute atomic E-state index is 12.8. The van der Waals surface area contributed by atoms with Gasteiger partial charge in [-0.05, 0) is 37.8 Å². The van der Waals surface area contributed by atoms with Gasteiger partial charge < -0.3 is 9.64 Å². The number of hydrogen-bond acceptors (Lipinski definition) is 5. The van der Waals surface area contributed by atoms with E-state index in [1.807, 2.05) is 24.3 Å². The minimum atomic E-state index is -3.59. The van der Waals surface area contributed by atoms with Crippen LogP contribution in [-0.2, 0) is 37.3 Å². The van der Waals surface area contributed by atoms with Crippen molar-refractivity contribution in [2.24, 2.45) is 0 Å². The summed E-state index contributed by atoms with van der Waals surface area (Å²) in [6, 6.07) is 6.54. The predicted molar refractivity (Wildman–Crippen MR) is 100 cm³/mol. The van der Waals surface area contributed by atoms with Gasteiger partial charge in [0.1, 0.15) is 6.04 Å². The highest BCUT2D eigenvalue weighted by atomic mass is 32.2. The quantitative estimate of drug-likeness (QED) is 0.703. The predicted octanol–water partition coefficient (Wildman–Crippen LogP) is 1.32. The number of sulfonamides is 1. The van der Waals surface area contributed by atoms with Crippen LogP contribution < -0.4 is 0 Å². The van der Waals surface area contributed by atoms with Crippen molar-refractivity contribution in [1.82, 2.24) is 9.21 Å². The Kier molecular flexibility index (Phi) is 5.86. The molecule has 1 amide bonds. The summed E-state index contributed by atoms with van der Waals surface area (Å²) in [5.41, 5.74) is 1.82. The molecule has 0 unspecified atom stereocenters. The Morgan fingerprint density at radius 1 is 1.19 bits per heavy atom. The van der Waals surface area contributed by atoms with Crippen LogP contribution in [0.4, 0.5) is 0 Å². The first-order chi connectivity index (χ1) is 12.8. The van der Waals surface area contributed by atoms with Gasteiger partial charge in [0, 0.05) is 26.1 Å². The first-order valence-electron chi connectivity index (χ1n) is 9.39. The molecule has 0 N–H and O–H groups in total. The molecule has 2 heterocycles. The molecule has 2 atom stereocenters. The summed E-state index contributed by atoms with van der Waals surface area (Å²) in [5.74, 6) is -0.982. The highest BCUT2D eigenvalue weighted by molar-refractivity contribution is 7.89. The van der Waals surface area contributed by atoms with E-state index in [4.69, 9.17) is 4.74 Å². The van der Waals surface area contributed by atoms with Crippen molar-refractivity contribution in [2.45, 2.75) is 51.8 Å². The molecule has 1 fully saturated rings. The SMILES string of the molecule is CCS(=O)(=O)N1Cc2ccccc2C[C@H]1C(=O)O[C@@H](C)C(=O)N1CCCC1. The van der Waals surface area contributed by atoms with Crippen LogP contribution in [0.15, 0.2) is 24.3 Å². The molecule has 1 aromatic rings. The molecule has 148 valence electrons. The normalized spacial score (nSPS) is 21.6. The molecule has 2 aliphatic heterocycles. The van der Waals surface area contributed by atoms with Crippen LogP contribution in [0.3, 0.4) is 0 Å². The Balaban J connectivity index is 1.79. The van der Waals surface area contributed by atoms with Crippen molar-refractivity contribution in [3.05, 3.63) is 35.4 Å². The topological polar surface area (TPSA) is 84.0 Å². The Morgan fingerprint density at radius 2 is 1.81 bits per heavy atom. The third-order valence-electron chi connectivity index (χ3n) is 5.26. The fourth-order valence-electron chi connectivity index (χ4n) is 3.66. The van der Waals surface area contributed by atoms with E-state index < -0.39 is 28.1 Å². The molecule has 0 spiro atoms. The van der Waals surface area contributed by atoms with E-state index in [-0.39, 0.29) is 24.6 Å². The molecule has 0 aromatic heterocycles. The fraction of sp³-hybridized carbons (Fsp3) is 0.579. The van der Waals surface area contributed by atoms with Crippen LogP contribution in [0.2, 0.25) is 0 Å². The van der Waals surface area contributed by atoms with E-state index in [9.17, 15) is 18.0 Å². The van der Waals surface area contributed by atoms with E-state index in [1.165, 1.54) is 4.31 Å². The molecular weight excluding hydrogens is 368 g/mol. The Bertz CT molecular complexity index is 817. The zero-order valence-electron chi connectivity index (χ0n) is 15.8. The lowest BCUT2D eigenvalue weighted by Gasteiger charge is -2.34. The number of carbonyl (C=O) groups is 2. The molecular formula is C19H26N2O5S. The minimum Gasteiger partial charge on any atom is -0.451 e. The molecule has 8 heteroatoms. The summed E-state index contributed by atoms with van der Waals surface area (Å²) < 4.78 is 31.7. The summed E-state index contributed by atoms with van der Waals surface area (Å²) in [6.45, 7) is 4.59. The molecule has 1 saturated heterocycles. The van der Waals surface area contributed by atoms with Gasteiger partial charge in [0.05, 0.1) is 5.75 Å². The van der Waals surface area contributed by atoms with Crippen molar-refractivity contribution >= 4 is 21.9 Å². The molecule has 0 aliphatic carbocycles. The Morgan fingerprint density at radius 3 is 2.44 bits per heavy atom. The number of amides is 1. The van der Waals surface area contributed by atoms with Crippen LogP contribution in [0, 0.1) is 0 Å². The van der Waals surface area contributed by atoms with Gasteiger partial charge >= 0.3 is 5.97 Å². The van der Waals surface area contributed by atoms with Gasteiger partial charge in [-0.3, -0.25) is 9.59 Å². The molecule has 7 nitrogen and oxygen atoms in total. The molecule has 0 saturated carbocycles. The molecule has 3 rings (SSSR count). The molecule has 27 heavy (non-hydrogen) atoms. The number of rotatable bonds is 5. The number of esters is 1. The molecule has 0 bridgehead atoms. The van der Waals surface area contributed by atoms with E-state index in [0.29, 0.717) is 13.1 Å². The van der Waals surface area contributed by atoms with Gasteiger partial charge in [-0.1, -0.05) is 24.3 Å². The number of likely N-dealkylation sites (tertiary alicyclic amines) is 1. The summed E-state index contributed by atoms with van der Waals surface area (Å²) >= 11 is 0. The lowest BCUT2D eigenvalue weighted by Crippen LogP contribution is -2.51. The molecule has 1 aromatic carbocycles. The average molecular weight is 394 g/mol. The van der Waals surface area contributed by atoms with Crippen molar-refractivity contribution in [2.75, 3.05) is 18.8 Å². The average Bonchev–Trinajstić information content (AvgIpc) is 3.20. The zero-order valence-corrected chi connectivity index (χ0v) is 16.6.